The molecule has 1 aromatic heterocycles. The van der Waals surface area contributed by atoms with Gasteiger partial charge in [0, 0.05) is 11.3 Å². The second-order valence-corrected chi connectivity index (χ2v) is 4.32. The second-order valence-electron chi connectivity index (χ2n) is 4.32. The highest BCUT2D eigenvalue weighted by Crippen LogP contribution is 2.32. The predicted molar refractivity (Wildman–Crippen MR) is 64.1 cm³/mol. The molecule has 0 amide bonds. The van der Waals surface area contributed by atoms with Crippen LogP contribution in [0, 0.1) is 19.7 Å². The Morgan fingerprint density at radius 2 is 1.74 bits per heavy atom. The number of hydrogen-bond donors (Lipinski definition) is 0. The van der Waals surface area contributed by atoms with E-state index in [-0.39, 0.29) is 16.8 Å². The van der Waals surface area contributed by atoms with Crippen LogP contribution in [-0.2, 0) is 6.18 Å². The quantitative estimate of drug-likeness (QED) is 0.693. The van der Waals surface area contributed by atoms with Crippen LogP contribution in [0.1, 0.15) is 17.0 Å². The molecule has 0 radical (unpaired) electrons. The lowest BCUT2D eigenvalue weighted by Crippen LogP contribution is -2.09. The van der Waals surface area contributed by atoms with Crippen molar-refractivity contribution < 1.29 is 17.6 Å². The predicted octanol–water partition coefficient (Wildman–Crippen LogP) is 4.52. The maximum atomic E-state index is 13.9. The molecule has 19 heavy (non-hydrogen) atoms. The van der Waals surface area contributed by atoms with Crippen molar-refractivity contribution in [3.8, 4) is 11.1 Å². The van der Waals surface area contributed by atoms with Gasteiger partial charge < -0.3 is 0 Å². The minimum atomic E-state index is -4.54. The summed E-state index contributed by atoms with van der Waals surface area (Å²) in [6, 6.07) is 6.93. The summed E-state index contributed by atoms with van der Waals surface area (Å²) in [4.78, 5) is 3.44. The van der Waals surface area contributed by atoms with Gasteiger partial charge in [-0.15, -0.1) is 0 Å². The molecule has 0 unspecified atom stereocenters. The van der Waals surface area contributed by atoms with Gasteiger partial charge >= 0.3 is 6.18 Å². The Bertz CT molecular complexity index is 617. The fourth-order valence-corrected chi connectivity index (χ4v) is 1.84. The molecule has 0 saturated carbocycles. The Balaban J connectivity index is 2.63. The van der Waals surface area contributed by atoms with Gasteiger partial charge in [-0.3, -0.25) is 0 Å². The molecule has 1 heterocycles. The van der Waals surface area contributed by atoms with Gasteiger partial charge in [-0.05, 0) is 37.1 Å². The standard InChI is InChI=1S/C14H11F4N/c1-8-4-3-5-11(13(8)15)10-6-9(2)19-12(7-10)14(16,17)18/h3-7H,1-2H3. The third-order valence-corrected chi connectivity index (χ3v) is 2.75. The van der Waals surface area contributed by atoms with Crippen molar-refractivity contribution in [3.05, 3.63) is 53.1 Å². The Hall–Kier alpha value is -1.91. The molecular weight excluding hydrogens is 258 g/mol. The van der Waals surface area contributed by atoms with E-state index in [1.54, 1.807) is 19.1 Å². The van der Waals surface area contributed by atoms with E-state index in [1.807, 2.05) is 0 Å². The summed E-state index contributed by atoms with van der Waals surface area (Å²) in [5.41, 5.74) is -0.0910. The first-order valence-electron chi connectivity index (χ1n) is 5.60. The van der Waals surface area contributed by atoms with E-state index < -0.39 is 17.7 Å². The lowest BCUT2D eigenvalue weighted by Gasteiger charge is -2.11. The smallest absolute Gasteiger partial charge is 0.249 e. The topological polar surface area (TPSA) is 12.9 Å². The molecule has 2 rings (SSSR count). The van der Waals surface area contributed by atoms with Gasteiger partial charge in [0.25, 0.3) is 0 Å². The third-order valence-electron chi connectivity index (χ3n) is 2.75. The van der Waals surface area contributed by atoms with Crippen molar-refractivity contribution in [2.75, 3.05) is 0 Å². The number of aryl methyl sites for hydroxylation is 2. The van der Waals surface area contributed by atoms with Gasteiger partial charge in [-0.25, -0.2) is 9.37 Å². The SMILES string of the molecule is Cc1cc(-c2cccc(C)c2F)cc(C(F)(F)F)n1. The molecule has 100 valence electrons. The highest BCUT2D eigenvalue weighted by Gasteiger charge is 2.33. The summed E-state index contributed by atoms with van der Waals surface area (Å²) in [5.74, 6) is -0.513. The van der Waals surface area contributed by atoms with Crippen molar-refractivity contribution >= 4 is 0 Å². The van der Waals surface area contributed by atoms with Gasteiger partial charge in [0.05, 0.1) is 0 Å². The number of pyridine rings is 1. The molecule has 0 bridgehead atoms. The summed E-state index contributed by atoms with van der Waals surface area (Å²) in [6.45, 7) is 3.02. The van der Waals surface area contributed by atoms with Crippen LogP contribution in [0.25, 0.3) is 11.1 Å². The van der Waals surface area contributed by atoms with Crippen molar-refractivity contribution in [2.24, 2.45) is 0 Å². The van der Waals surface area contributed by atoms with Gasteiger partial charge in [-0.1, -0.05) is 18.2 Å². The van der Waals surface area contributed by atoms with Crippen LogP contribution >= 0.6 is 0 Å². The molecule has 0 fully saturated rings. The molecule has 0 aliphatic carbocycles. The van der Waals surface area contributed by atoms with Crippen LogP contribution < -0.4 is 0 Å². The van der Waals surface area contributed by atoms with Gasteiger partial charge in [0.2, 0.25) is 0 Å². The summed E-state index contributed by atoms with van der Waals surface area (Å²) >= 11 is 0. The zero-order valence-corrected chi connectivity index (χ0v) is 10.3. The molecule has 0 spiro atoms. The van der Waals surface area contributed by atoms with Crippen LogP contribution in [0.3, 0.4) is 0 Å². The maximum absolute atomic E-state index is 13.9. The van der Waals surface area contributed by atoms with Crippen LogP contribution in [0.4, 0.5) is 17.6 Å². The first-order valence-corrected chi connectivity index (χ1v) is 5.60. The Morgan fingerprint density at radius 1 is 1.05 bits per heavy atom. The molecular formula is C14H11F4N. The fourth-order valence-electron chi connectivity index (χ4n) is 1.84. The average molecular weight is 269 g/mol. The van der Waals surface area contributed by atoms with E-state index in [1.165, 1.54) is 19.1 Å². The molecule has 0 saturated heterocycles. The largest absolute Gasteiger partial charge is 0.433 e. The number of rotatable bonds is 1. The zero-order valence-electron chi connectivity index (χ0n) is 10.3. The minimum Gasteiger partial charge on any atom is -0.249 e. The molecule has 1 aromatic carbocycles. The van der Waals surface area contributed by atoms with Crippen molar-refractivity contribution in [1.82, 2.24) is 4.98 Å². The van der Waals surface area contributed by atoms with Crippen molar-refractivity contribution in [2.45, 2.75) is 20.0 Å². The lowest BCUT2D eigenvalue weighted by atomic mass is 10.0. The molecule has 1 nitrogen and oxygen atoms in total. The van der Waals surface area contributed by atoms with E-state index in [0.29, 0.717) is 5.56 Å². The van der Waals surface area contributed by atoms with E-state index in [9.17, 15) is 17.6 Å². The highest BCUT2D eigenvalue weighted by atomic mass is 19.4. The second kappa shape index (κ2) is 4.64. The number of alkyl halides is 3. The Morgan fingerprint density at radius 3 is 2.37 bits per heavy atom. The van der Waals surface area contributed by atoms with Crippen molar-refractivity contribution in [3.63, 3.8) is 0 Å². The van der Waals surface area contributed by atoms with Crippen molar-refractivity contribution in [1.29, 1.82) is 0 Å². The first-order chi connectivity index (χ1) is 8.79. The number of aromatic nitrogens is 1. The van der Waals surface area contributed by atoms with E-state index in [2.05, 4.69) is 4.98 Å². The molecule has 0 N–H and O–H groups in total. The number of halogens is 4. The normalized spacial score (nSPS) is 11.7. The maximum Gasteiger partial charge on any atom is 0.433 e. The van der Waals surface area contributed by atoms with Crippen LogP contribution in [-0.4, -0.2) is 4.98 Å². The van der Waals surface area contributed by atoms with E-state index >= 15 is 0 Å². The third kappa shape index (κ3) is 2.75. The van der Waals surface area contributed by atoms with Gasteiger partial charge in [-0.2, -0.15) is 13.2 Å². The Labute approximate surface area is 107 Å². The zero-order chi connectivity index (χ0) is 14.2. The number of benzene rings is 1. The molecule has 0 aliphatic rings. The van der Waals surface area contributed by atoms with Crippen LogP contribution in [0.15, 0.2) is 30.3 Å². The molecule has 0 atom stereocenters. The summed E-state index contributed by atoms with van der Waals surface area (Å²) in [7, 11) is 0. The van der Waals surface area contributed by atoms with Crippen LogP contribution in [0.5, 0.6) is 0 Å². The molecule has 0 aliphatic heterocycles. The lowest BCUT2D eigenvalue weighted by molar-refractivity contribution is -0.141. The minimum absolute atomic E-state index is 0.149. The molecule has 5 heteroatoms. The van der Waals surface area contributed by atoms with E-state index in [4.69, 9.17) is 0 Å². The monoisotopic (exact) mass is 269 g/mol. The van der Waals surface area contributed by atoms with Crippen LogP contribution in [0.2, 0.25) is 0 Å². The fraction of sp³-hybridized carbons (Fsp3) is 0.214. The first kappa shape index (κ1) is 13.5. The van der Waals surface area contributed by atoms with Gasteiger partial charge in [0.15, 0.2) is 0 Å². The van der Waals surface area contributed by atoms with Gasteiger partial charge in [0.1, 0.15) is 11.5 Å². The number of nitrogens with zero attached hydrogens (tertiary/aromatic N) is 1. The Kier molecular flexibility index (Phi) is 3.30. The summed E-state index contributed by atoms with van der Waals surface area (Å²) in [5, 5.41) is 0. The number of hydrogen-bond acceptors (Lipinski definition) is 1. The van der Waals surface area contributed by atoms with E-state index in [0.717, 1.165) is 6.07 Å². The highest BCUT2D eigenvalue weighted by molar-refractivity contribution is 5.65. The average Bonchev–Trinajstić information content (AvgIpc) is 2.31. The molecule has 2 aromatic rings. The summed E-state index contributed by atoms with van der Waals surface area (Å²) in [6.07, 6.45) is -4.54. The summed E-state index contributed by atoms with van der Waals surface area (Å²) < 4.78 is 52.0.